The molecule has 1 aromatic carbocycles. The number of hydrogen-bond donors (Lipinski definition) is 1. The molecule has 1 amide bonds. The molecule has 1 atom stereocenters. The van der Waals surface area contributed by atoms with Crippen LogP contribution in [0.15, 0.2) is 18.2 Å². The third-order valence-corrected chi connectivity index (χ3v) is 3.68. The van der Waals surface area contributed by atoms with Gasteiger partial charge >= 0.3 is 5.97 Å². The maximum absolute atomic E-state index is 12.7. The topological polar surface area (TPSA) is 76.1 Å². The molecule has 21 heavy (non-hydrogen) atoms. The molecule has 6 nitrogen and oxygen atoms in total. The minimum absolute atomic E-state index is 0.0297. The van der Waals surface area contributed by atoms with Crippen molar-refractivity contribution in [2.24, 2.45) is 0 Å². The van der Waals surface area contributed by atoms with Crippen LogP contribution in [0, 0.1) is 0 Å². The van der Waals surface area contributed by atoms with Gasteiger partial charge in [-0.2, -0.15) is 0 Å². The van der Waals surface area contributed by atoms with Gasteiger partial charge in [0.25, 0.3) is 5.91 Å². The van der Waals surface area contributed by atoms with E-state index in [1.807, 2.05) is 0 Å². The van der Waals surface area contributed by atoms with Crippen molar-refractivity contribution >= 4 is 11.9 Å². The highest BCUT2D eigenvalue weighted by Gasteiger charge is 2.32. The summed E-state index contributed by atoms with van der Waals surface area (Å²) in [4.78, 5) is 25.2. The summed E-state index contributed by atoms with van der Waals surface area (Å²) in [5.74, 6) is -0.241. The molecule has 0 aromatic heterocycles. The number of likely N-dealkylation sites (tertiary alicyclic amines) is 1. The highest BCUT2D eigenvalue weighted by molar-refractivity contribution is 5.98. The second-order valence-electron chi connectivity index (χ2n) is 4.93. The van der Waals surface area contributed by atoms with Crippen molar-refractivity contribution in [2.45, 2.75) is 25.3 Å². The van der Waals surface area contributed by atoms with Gasteiger partial charge in [-0.1, -0.05) is 6.07 Å². The second-order valence-corrected chi connectivity index (χ2v) is 4.93. The molecule has 1 aliphatic heterocycles. The zero-order valence-electron chi connectivity index (χ0n) is 12.2. The van der Waals surface area contributed by atoms with Crippen molar-refractivity contribution in [1.82, 2.24) is 4.90 Å². The van der Waals surface area contributed by atoms with Gasteiger partial charge in [-0.05, 0) is 25.0 Å². The van der Waals surface area contributed by atoms with Gasteiger partial charge in [-0.25, -0.2) is 0 Å². The van der Waals surface area contributed by atoms with Crippen molar-refractivity contribution in [1.29, 1.82) is 0 Å². The van der Waals surface area contributed by atoms with E-state index in [4.69, 9.17) is 14.6 Å². The Morgan fingerprint density at radius 3 is 2.71 bits per heavy atom. The average Bonchev–Trinajstić information content (AvgIpc) is 2.92. The van der Waals surface area contributed by atoms with Crippen LogP contribution in [0.3, 0.4) is 0 Å². The highest BCUT2D eigenvalue weighted by atomic mass is 16.5. The maximum Gasteiger partial charge on any atom is 0.305 e. The maximum atomic E-state index is 12.7. The summed E-state index contributed by atoms with van der Waals surface area (Å²) in [7, 11) is 2.99. The Morgan fingerprint density at radius 2 is 2.10 bits per heavy atom. The number of methoxy groups -OCH3 is 2. The minimum Gasteiger partial charge on any atom is -0.493 e. The standard InChI is InChI=1S/C15H19NO5/c1-20-12-7-3-6-11(14(12)21-2)15(19)16-8-4-5-10(16)9-13(17)18/h3,6-7,10H,4-5,8-9H2,1-2H3,(H,17,18). The molecule has 1 heterocycles. The first-order valence-electron chi connectivity index (χ1n) is 6.82. The fourth-order valence-electron chi connectivity index (χ4n) is 2.73. The van der Waals surface area contributed by atoms with Gasteiger partial charge in [0, 0.05) is 12.6 Å². The number of carboxylic acid groups (broad SMARTS) is 1. The fourth-order valence-corrected chi connectivity index (χ4v) is 2.73. The molecular weight excluding hydrogens is 274 g/mol. The minimum atomic E-state index is -0.891. The van der Waals surface area contributed by atoms with Crippen LogP contribution in [-0.2, 0) is 4.79 Å². The van der Waals surface area contributed by atoms with E-state index in [1.165, 1.54) is 14.2 Å². The first-order valence-corrected chi connectivity index (χ1v) is 6.82. The van der Waals surface area contributed by atoms with Crippen molar-refractivity contribution in [3.63, 3.8) is 0 Å². The van der Waals surface area contributed by atoms with Crippen LogP contribution in [0.2, 0.25) is 0 Å². The Hall–Kier alpha value is -2.24. The molecule has 2 rings (SSSR count). The molecule has 0 spiro atoms. The molecule has 1 unspecified atom stereocenters. The lowest BCUT2D eigenvalue weighted by Crippen LogP contribution is -2.37. The lowest BCUT2D eigenvalue weighted by molar-refractivity contribution is -0.137. The SMILES string of the molecule is COc1cccc(C(=O)N2CCCC2CC(=O)O)c1OC. The summed E-state index contributed by atoms with van der Waals surface area (Å²) in [5.41, 5.74) is 0.397. The summed E-state index contributed by atoms with van der Waals surface area (Å²) in [6.45, 7) is 0.567. The lowest BCUT2D eigenvalue weighted by atomic mass is 10.1. The van der Waals surface area contributed by atoms with Crippen LogP contribution in [0.25, 0.3) is 0 Å². The molecule has 1 N–H and O–H groups in total. The lowest BCUT2D eigenvalue weighted by Gasteiger charge is -2.24. The number of rotatable bonds is 5. The summed E-state index contributed by atoms with van der Waals surface area (Å²) < 4.78 is 10.5. The van der Waals surface area contributed by atoms with E-state index < -0.39 is 5.97 Å². The first kappa shape index (κ1) is 15.2. The monoisotopic (exact) mass is 293 g/mol. The largest absolute Gasteiger partial charge is 0.493 e. The molecule has 1 fully saturated rings. The van der Waals surface area contributed by atoms with E-state index in [-0.39, 0.29) is 18.4 Å². The molecule has 0 bridgehead atoms. The molecular formula is C15H19NO5. The van der Waals surface area contributed by atoms with Gasteiger partial charge in [-0.3, -0.25) is 9.59 Å². The number of carbonyl (C=O) groups is 2. The van der Waals surface area contributed by atoms with Crippen LogP contribution in [0.5, 0.6) is 11.5 Å². The molecule has 0 aliphatic carbocycles. The number of benzene rings is 1. The normalized spacial score (nSPS) is 17.6. The number of hydrogen-bond acceptors (Lipinski definition) is 4. The Balaban J connectivity index is 2.29. The predicted octanol–water partition coefficient (Wildman–Crippen LogP) is 1.78. The molecule has 1 aromatic rings. The van der Waals surface area contributed by atoms with Gasteiger partial charge in [-0.15, -0.1) is 0 Å². The molecule has 0 radical (unpaired) electrons. The van der Waals surface area contributed by atoms with Crippen molar-refractivity contribution in [3.8, 4) is 11.5 Å². The van der Waals surface area contributed by atoms with E-state index in [1.54, 1.807) is 23.1 Å². The average molecular weight is 293 g/mol. The summed E-state index contributed by atoms with van der Waals surface area (Å²) in [5, 5.41) is 8.94. The van der Waals surface area contributed by atoms with Crippen LogP contribution < -0.4 is 9.47 Å². The first-order chi connectivity index (χ1) is 10.1. The van der Waals surface area contributed by atoms with Crippen molar-refractivity contribution < 1.29 is 24.2 Å². The van der Waals surface area contributed by atoms with E-state index in [2.05, 4.69) is 0 Å². The van der Waals surface area contributed by atoms with Crippen LogP contribution in [0.4, 0.5) is 0 Å². The molecule has 1 aliphatic rings. The van der Waals surface area contributed by atoms with Gasteiger partial charge in [0.2, 0.25) is 0 Å². The van der Waals surface area contributed by atoms with Crippen LogP contribution in [-0.4, -0.2) is 48.7 Å². The third kappa shape index (κ3) is 3.09. The van der Waals surface area contributed by atoms with E-state index in [0.29, 0.717) is 30.0 Å². The van der Waals surface area contributed by atoms with Crippen molar-refractivity contribution in [3.05, 3.63) is 23.8 Å². The van der Waals surface area contributed by atoms with E-state index in [9.17, 15) is 9.59 Å². The fraction of sp³-hybridized carbons (Fsp3) is 0.467. The predicted molar refractivity (Wildman–Crippen MR) is 75.9 cm³/mol. The van der Waals surface area contributed by atoms with Crippen LogP contribution in [0.1, 0.15) is 29.6 Å². The third-order valence-electron chi connectivity index (χ3n) is 3.68. The van der Waals surface area contributed by atoms with Gasteiger partial charge in [0.15, 0.2) is 11.5 Å². The zero-order chi connectivity index (χ0) is 15.4. The summed E-state index contributed by atoms with van der Waals surface area (Å²) in [6.07, 6.45) is 1.50. The number of carboxylic acids is 1. The number of ether oxygens (including phenoxy) is 2. The smallest absolute Gasteiger partial charge is 0.305 e. The van der Waals surface area contributed by atoms with Gasteiger partial charge in [0.05, 0.1) is 26.2 Å². The molecule has 1 saturated heterocycles. The number of carbonyl (C=O) groups excluding carboxylic acids is 1. The Morgan fingerprint density at radius 1 is 1.33 bits per heavy atom. The quantitative estimate of drug-likeness (QED) is 0.895. The van der Waals surface area contributed by atoms with Gasteiger partial charge < -0.3 is 19.5 Å². The Bertz CT molecular complexity index is 543. The zero-order valence-corrected chi connectivity index (χ0v) is 12.2. The number of aliphatic carboxylic acids is 1. The molecule has 6 heteroatoms. The number of amides is 1. The summed E-state index contributed by atoms with van der Waals surface area (Å²) in [6, 6.07) is 4.84. The highest BCUT2D eigenvalue weighted by Crippen LogP contribution is 2.33. The van der Waals surface area contributed by atoms with E-state index >= 15 is 0 Å². The van der Waals surface area contributed by atoms with Gasteiger partial charge in [0.1, 0.15) is 0 Å². The molecule has 114 valence electrons. The number of nitrogens with zero attached hydrogens (tertiary/aromatic N) is 1. The second kappa shape index (κ2) is 6.47. The van der Waals surface area contributed by atoms with Crippen molar-refractivity contribution in [2.75, 3.05) is 20.8 Å². The molecule has 0 saturated carbocycles. The summed E-state index contributed by atoms with van der Waals surface area (Å²) >= 11 is 0. The van der Waals surface area contributed by atoms with Crippen LogP contribution >= 0.6 is 0 Å². The van der Waals surface area contributed by atoms with E-state index in [0.717, 1.165) is 6.42 Å². The Labute approximate surface area is 123 Å². The Kier molecular flexibility index (Phi) is 4.67. The number of para-hydroxylation sites is 1.